The smallest absolute Gasteiger partial charge is 0.251 e. The maximum atomic E-state index is 13.8. The fraction of sp³-hybridized carbons (Fsp3) is 0.700. The summed E-state index contributed by atoms with van der Waals surface area (Å²) >= 11 is 0. The third-order valence-electron chi connectivity index (χ3n) is 3.01. The largest absolute Gasteiger partial charge is 0.394 e. The summed E-state index contributed by atoms with van der Waals surface area (Å²) in [4.78, 5) is 12.3. The first-order valence-corrected chi connectivity index (χ1v) is 5.49. The molecule has 7 nitrogen and oxygen atoms in total. The molecule has 1 amide bonds. The fourth-order valence-electron chi connectivity index (χ4n) is 1.97. The van der Waals surface area contributed by atoms with Gasteiger partial charge in [0.15, 0.2) is 12.4 Å². The Labute approximate surface area is 102 Å². The molecule has 0 aromatic carbocycles. The van der Waals surface area contributed by atoms with Gasteiger partial charge in [0.25, 0.3) is 5.91 Å². The maximum Gasteiger partial charge on any atom is 0.251 e. The van der Waals surface area contributed by atoms with Gasteiger partial charge in [-0.3, -0.25) is 4.79 Å². The van der Waals surface area contributed by atoms with Gasteiger partial charge < -0.3 is 30.3 Å². The van der Waals surface area contributed by atoms with Crippen LogP contribution in [0.2, 0.25) is 0 Å². The molecule has 0 spiro atoms. The van der Waals surface area contributed by atoms with E-state index in [1.807, 2.05) is 0 Å². The lowest BCUT2D eigenvalue weighted by Crippen LogP contribution is -2.55. The molecular weight excluding hydrogens is 247 g/mol. The van der Waals surface area contributed by atoms with Gasteiger partial charge in [-0.25, -0.2) is 4.39 Å². The summed E-state index contributed by atoms with van der Waals surface area (Å²) in [5, 5.41) is 30.2. The molecule has 5 atom stereocenters. The molecule has 102 valence electrons. The molecule has 3 unspecified atom stereocenters. The van der Waals surface area contributed by atoms with Gasteiger partial charge in [0.2, 0.25) is 6.35 Å². The predicted octanol–water partition coefficient (Wildman–Crippen LogP) is -1.99. The Morgan fingerprint density at radius 3 is 2.78 bits per heavy atom. The van der Waals surface area contributed by atoms with E-state index < -0.39 is 43.5 Å². The molecule has 2 aliphatic rings. The average Bonchev–Trinajstić information content (AvgIpc) is 2.61. The Morgan fingerprint density at radius 1 is 1.56 bits per heavy atom. The quantitative estimate of drug-likeness (QED) is 0.460. The number of alkyl halides is 1. The second-order valence-electron chi connectivity index (χ2n) is 4.29. The molecule has 0 aliphatic carbocycles. The number of ether oxygens (including phenoxy) is 1. The molecule has 2 aliphatic heterocycles. The molecule has 18 heavy (non-hydrogen) atoms. The van der Waals surface area contributed by atoms with Gasteiger partial charge in [-0.05, 0) is 6.92 Å². The number of carbonyl (C=O) groups is 1. The Balaban J connectivity index is 2.19. The maximum absolute atomic E-state index is 13.8. The van der Waals surface area contributed by atoms with Crippen LogP contribution >= 0.6 is 0 Å². The van der Waals surface area contributed by atoms with Gasteiger partial charge in [0.05, 0.1) is 6.61 Å². The van der Waals surface area contributed by atoms with E-state index in [0.717, 1.165) is 4.90 Å². The van der Waals surface area contributed by atoms with E-state index in [2.05, 4.69) is 5.32 Å². The lowest BCUT2D eigenvalue weighted by molar-refractivity contribution is -0.149. The number of halogens is 1. The van der Waals surface area contributed by atoms with Crippen LogP contribution in [0.4, 0.5) is 4.39 Å². The highest BCUT2D eigenvalue weighted by Gasteiger charge is 2.48. The molecule has 1 saturated heterocycles. The summed E-state index contributed by atoms with van der Waals surface area (Å²) in [5.74, 6) is -0.466. The van der Waals surface area contributed by atoms with E-state index in [1.54, 1.807) is 0 Å². The van der Waals surface area contributed by atoms with Gasteiger partial charge in [-0.1, -0.05) is 0 Å². The predicted molar refractivity (Wildman–Crippen MR) is 56.4 cm³/mol. The molecule has 4 N–H and O–H groups in total. The van der Waals surface area contributed by atoms with Crippen LogP contribution in [0.1, 0.15) is 6.92 Å². The van der Waals surface area contributed by atoms with Crippen molar-refractivity contribution in [3.05, 3.63) is 11.8 Å². The number of aliphatic hydroxyl groups is 3. The van der Waals surface area contributed by atoms with Crippen LogP contribution in [-0.4, -0.2) is 63.7 Å². The minimum atomic E-state index is -1.80. The molecule has 2 heterocycles. The Kier molecular flexibility index (Phi) is 3.53. The number of amides is 1. The van der Waals surface area contributed by atoms with Crippen LogP contribution in [0.25, 0.3) is 0 Å². The lowest BCUT2D eigenvalue weighted by atomic mass is 10.1. The lowest BCUT2D eigenvalue weighted by Gasteiger charge is -2.36. The van der Waals surface area contributed by atoms with Crippen molar-refractivity contribution < 1.29 is 29.2 Å². The molecular formula is C10H15FN2O5. The van der Waals surface area contributed by atoms with Crippen LogP contribution < -0.4 is 5.32 Å². The zero-order valence-electron chi connectivity index (χ0n) is 9.65. The Hall–Kier alpha value is -1.22. The Morgan fingerprint density at radius 2 is 2.22 bits per heavy atom. The van der Waals surface area contributed by atoms with E-state index in [9.17, 15) is 19.4 Å². The van der Waals surface area contributed by atoms with Crippen molar-refractivity contribution >= 4 is 5.91 Å². The second-order valence-corrected chi connectivity index (χ2v) is 4.29. The van der Waals surface area contributed by atoms with E-state index >= 15 is 0 Å². The van der Waals surface area contributed by atoms with Gasteiger partial charge in [0, 0.05) is 11.8 Å². The van der Waals surface area contributed by atoms with Crippen LogP contribution in [0, 0.1) is 0 Å². The highest BCUT2D eigenvalue weighted by Crippen LogP contribution is 2.28. The average molecular weight is 262 g/mol. The first-order chi connectivity index (χ1) is 8.45. The molecule has 8 heteroatoms. The van der Waals surface area contributed by atoms with E-state index in [0.29, 0.717) is 0 Å². The zero-order chi connectivity index (χ0) is 13.4. The molecule has 0 bridgehead atoms. The van der Waals surface area contributed by atoms with Crippen molar-refractivity contribution in [2.24, 2.45) is 0 Å². The summed E-state index contributed by atoms with van der Waals surface area (Å²) in [6.07, 6.45) is -5.76. The minimum absolute atomic E-state index is 0.276. The number of nitrogens with zero attached hydrogens (tertiary/aromatic N) is 1. The number of rotatable bonds is 2. The van der Waals surface area contributed by atoms with Crippen LogP contribution in [0.3, 0.4) is 0 Å². The standard InChI is InChI=1S/C10H15FN2O5/c1-4-2-13(10(17)12-8(4)16)9-6(11)7(15)5(3-14)18-9/h2,5-7,9-10,14-15,17H,3H2,1H3,(H,12,16)/t5-,6?,7?,9-,10?/m0/s1. The van der Waals surface area contributed by atoms with Gasteiger partial charge >= 0.3 is 0 Å². The highest BCUT2D eigenvalue weighted by atomic mass is 19.1. The fourth-order valence-corrected chi connectivity index (χ4v) is 1.97. The number of carbonyl (C=O) groups excluding carboxylic acids is 1. The van der Waals surface area contributed by atoms with Crippen molar-refractivity contribution in [1.29, 1.82) is 0 Å². The van der Waals surface area contributed by atoms with Crippen molar-refractivity contribution in [3.8, 4) is 0 Å². The van der Waals surface area contributed by atoms with Gasteiger partial charge in [-0.15, -0.1) is 0 Å². The minimum Gasteiger partial charge on any atom is -0.394 e. The monoisotopic (exact) mass is 262 g/mol. The van der Waals surface area contributed by atoms with Gasteiger partial charge in [0.1, 0.15) is 12.2 Å². The highest BCUT2D eigenvalue weighted by molar-refractivity contribution is 5.93. The molecule has 0 saturated carbocycles. The van der Waals surface area contributed by atoms with Crippen molar-refractivity contribution in [2.45, 2.75) is 37.9 Å². The van der Waals surface area contributed by atoms with Crippen LogP contribution in [-0.2, 0) is 9.53 Å². The molecule has 1 fully saturated rings. The third kappa shape index (κ3) is 2.07. The number of hydrogen-bond acceptors (Lipinski definition) is 6. The van der Waals surface area contributed by atoms with Crippen LogP contribution in [0.5, 0.6) is 0 Å². The summed E-state index contributed by atoms with van der Waals surface area (Å²) in [6.45, 7) is 0.966. The first-order valence-electron chi connectivity index (χ1n) is 5.49. The molecule has 0 radical (unpaired) electrons. The molecule has 2 rings (SSSR count). The van der Waals surface area contributed by atoms with E-state index in [1.165, 1.54) is 13.1 Å². The number of aliphatic hydroxyl groups excluding tert-OH is 3. The number of nitrogens with one attached hydrogen (secondary N) is 1. The molecule has 0 aromatic heterocycles. The summed E-state index contributed by atoms with van der Waals surface area (Å²) < 4.78 is 18.9. The SMILES string of the molecule is CC1=CN([C@H]2O[C@@H](CO)C(O)C2F)C(O)NC1=O. The first kappa shape index (κ1) is 13.2. The normalized spacial score (nSPS) is 40.7. The second kappa shape index (κ2) is 4.81. The summed E-state index contributed by atoms with van der Waals surface area (Å²) in [7, 11) is 0. The third-order valence-corrected chi connectivity index (χ3v) is 3.01. The van der Waals surface area contributed by atoms with Gasteiger partial charge in [-0.2, -0.15) is 0 Å². The van der Waals surface area contributed by atoms with E-state index in [-0.39, 0.29) is 5.57 Å². The van der Waals surface area contributed by atoms with Crippen molar-refractivity contribution in [1.82, 2.24) is 10.2 Å². The topological polar surface area (TPSA) is 102 Å². The molecule has 0 aromatic rings. The Bertz CT molecular complexity index is 377. The number of hydrogen-bond donors (Lipinski definition) is 4. The van der Waals surface area contributed by atoms with E-state index in [4.69, 9.17) is 9.84 Å². The van der Waals surface area contributed by atoms with Crippen molar-refractivity contribution in [3.63, 3.8) is 0 Å². The van der Waals surface area contributed by atoms with Crippen molar-refractivity contribution in [2.75, 3.05) is 6.61 Å². The summed E-state index contributed by atoms with van der Waals surface area (Å²) in [5.41, 5.74) is 0.276. The summed E-state index contributed by atoms with van der Waals surface area (Å²) in [6, 6.07) is 0. The zero-order valence-corrected chi connectivity index (χ0v) is 9.65. The van der Waals surface area contributed by atoms with Crippen LogP contribution in [0.15, 0.2) is 11.8 Å².